The van der Waals surface area contributed by atoms with Crippen molar-refractivity contribution >= 4 is 23.9 Å². The fraction of sp³-hybridized carbons (Fsp3) is 0.636. The Morgan fingerprint density at radius 2 is 0.985 bits per heavy atom. The highest BCUT2D eigenvalue weighted by atomic mass is 16.7. The van der Waals surface area contributed by atoms with Crippen LogP contribution in [-0.2, 0) is 42.9 Å². The smallest absolute Gasteiger partial charge is 0.335 e. The molecular formula is C55H86O12. The zero-order chi connectivity index (χ0) is 49.0. The van der Waals surface area contributed by atoms with E-state index in [0.29, 0.717) is 19.3 Å². The summed E-state index contributed by atoms with van der Waals surface area (Å²) in [5.74, 6) is -3.34. The molecule has 12 heteroatoms. The van der Waals surface area contributed by atoms with E-state index in [4.69, 9.17) is 23.7 Å². The fourth-order valence-corrected chi connectivity index (χ4v) is 6.86. The Hall–Kier alpha value is -4.36. The van der Waals surface area contributed by atoms with Crippen molar-refractivity contribution in [2.24, 2.45) is 0 Å². The number of esters is 3. The van der Waals surface area contributed by atoms with Gasteiger partial charge in [0.25, 0.3) is 0 Å². The monoisotopic (exact) mass is 939 g/mol. The minimum absolute atomic E-state index is 0.0246. The van der Waals surface area contributed by atoms with Gasteiger partial charge in [-0.05, 0) is 77.0 Å². The summed E-state index contributed by atoms with van der Waals surface area (Å²) in [5, 5.41) is 31.2. The zero-order valence-corrected chi connectivity index (χ0v) is 41.1. The molecule has 6 unspecified atom stereocenters. The number of allylic oxidation sites excluding steroid dienone is 15. The summed E-state index contributed by atoms with van der Waals surface area (Å²) in [4.78, 5) is 50.6. The first kappa shape index (κ1) is 60.7. The summed E-state index contributed by atoms with van der Waals surface area (Å²) in [7, 11) is 0. The topological polar surface area (TPSA) is 175 Å². The van der Waals surface area contributed by atoms with Crippen LogP contribution in [0.15, 0.2) is 97.2 Å². The Kier molecular flexibility index (Phi) is 38.9. The van der Waals surface area contributed by atoms with Gasteiger partial charge in [-0.2, -0.15) is 0 Å². The molecule has 0 spiro atoms. The Labute approximate surface area is 403 Å². The quantitative estimate of drug-likeness (QED) is 0.0230. The number of carbonyl (C=O) groups is 4. The molecule has 1 fully saturated rings. The molecule has 0 aromatic carbocycles. The van der Waals surface area contributed by atoms with Crippen molar-refractivity contribution in [2.45, 2.75) is 212 Å². The lowest BCUT2D eigenvalue weighted by molar-refractivity contribution is -0.301. The highest BCUT2D eigenvalue weighted by Crippen LogP contribution is 2.26. The number of aliphatic carboxylic acids is 1. The molecule has 12 nitrogen and oxygen atoms in total. The maximum atomic E-state index is 13.0. The Bertz CT molecular complexity index is 1540. The van der Waals surface area contributed by atoms with Gasteiger partial charge in [0.2, 0.25) is 0 Å². The first-order valence-electron chi connectivity index (χ1n) is 25.2. The van der Waals surface area contributed by atoms with Crippen LogP contribution in [0.3, 0.4) is 0 Å². The van der Waals surface area contributed by atoms with E-state index >= 15 is 0 Å². The molecule has 0 bridgehead atoms. The van der Waals surface area contributed by atoms with Gasteiger partial charge in [0, 0.05) is 12.8 Å². The zero-order valence-electron chi connectivity index (χ0n) is 41.1. The molecule has 6 atom stereocenters. The van der Waals surface area contributed by atoms with Crippen LogP contribution in [0.1, 0.15) is 175 Å². The van der Waals surface area contributed by atoms with Crippen LogP contribution >= 0.6 is 0 Å². The van der Waals surface area contributed by atoms with Gasteiger partial charge >= 0.3 is 23.9 Å². The number of rotatable bonds is 40. The molecule has 3 N–H and O–H groups in total. The number of carbonyl (C=O) groups excluding carboxylic acids is 3. The van der Waals surface area contributed by atoms with E-state index in [9.17, 15) is 34.5 Å². The number of carboxylic acid groups (broad SMARTS) is 1. The molecule has 0 aliphatic carbocycles. The predicted octanol–water partition coefficient (Wildman–Crippen LogP) is 11.8. The van der Waals surface area contributed by atoms with Crippen LogP contribution in [0.5, 0.6) is 0 Å². The number of carboxylic acids is 1. The summed E-state index contributed by atoms with van der Waals surface area (Å²) in [6, 6.07) is 0. The lowest BCUT2D eigenvalue weighted by Crippen LogP contribution is -2.61. The fourth-order valence-electron chi connectivity index (χ4n) is 6.86. The normalized spacial score (nSPS) is 19.7. The third kappa shape index (κ3) is 33.7. The highest BCUT2D eigenvalue weighted by molar-refractivity contribution is 5.74. The first-order valence-corrected chi connectivity index (χ1v) is 25.2. The molecule has 1 heterocycles. The van der Waals surface area contributed by atoms with Crippen LogP contribution in [0.4, 0.5) is 0 Å². The largest absolute Gasteiger partial charge is 0.479 e. The lowest BCUT2D eigenvalue weighted by atomic mass is 9.98. The predicted molar refractivity (Wildman–Crippen MR) is 266 cm³/mol. The third-order valence-electron chi connectivity index (χ3n) is 10.7. The second-order valence-corrected chi connectivity index (χ2v) is 16.7. The molecule has 0 amide bonds. The van der Waals surface area contributed by atoms with Crippen molar-refractivity contribution in [1.82, 2.24) is 0 Å². The van der Waals surface area contributed by atoms with E-state index in [-0.39, 0.29) is 25.9 Å². The molecule has 1 saturated heterocycles. The highest BCUT2D eigenvalue weighted by Gasteiger charge is 2.50. The van der Waals surface area contributed by atoms with Crippen LogP contribution in [-0.4, -0.2) is 89.2 Å². The van der Waals surface area contributed by atoms with E-state index < -0.39 is 67.3 Å². The second kappa shape index (κ2) is 43.0. The maximum Gasteiger partial charge on any atom is 0.335 e. The molecule has 1 aliphatic rings. The van der Waals surface area contributed by atoms with Gasteiger partial charge in [0.1, 0.15) is 18.8 Å². The van der Waals surface area contributed by atoms with Crippen molar-refractivity contribution in [2.75, 3.05) is 13.2 Å². The van der Waals surface area contributed by atoms with E-state index in [1.807, 2.05) is 12.2 Å². The maximum absolute atomic E-state index is 13.0. The average Bonchev–Trinajstić information content (AvgIpc) is 3.31. The minimum Gasteiger partial charge on any atom is -0.479 e. The van der Waals surface area contributed by atoms with Gasteiger partial charge in [-0.3, -0.25) is 14.4 Å². The summed E-state index contributed by atoms with van der Waals surface area (Å²) in [6.07, 6.45) is 43.0. The van der Waals surface area contributed by atoms with E-state index in [2.05, 4.69) is 99.8 Å². The van der Waals surface area contributed by atoms with E-state index in [1.165, 1.54) is 25.7 Å². The van der Waals surface area contributed by atoms with Gasteiger partial charge in [-0.1, -0.05) is 176 Å². The third-order valence-corrected chi connectivity index (χ3v) is 10.7. The van der Waals surface area contributed by atoms with Crippen molar-refractivity contribution < 1.29 is 58.2 Å². The van der Waals surface area contributed by atoms with Crippen molar-refractivity contribution in [1.29, 1.82) is 0 Å². The lowest BCUT2D eigenvalue weighted by Gasteiger charge is -2.40. The molecule has 0 radical (unpaired) electrons. The van der Waals surface area contributed by atoms with Gasteiger partial charge in [-0.25, -0.2) is 4.79 Å². The summed E-state index contributed by atoms with van der Waals surface area (Å²) in [6.45, 7) is 5.57. The van der Waals surface area contributed by atoms with Crippen molar-refractivity contribution in [3.63, 3.8) is 0 Å². The van der Waals surface area contributed by atoms with Crippen LogP contribution in [0.2, 0.25) is 0 Å². The number of unbranched alkanes of at least 4 members (excludes halogenated alkanes) is 11. The molecule has 0 saturated carbocycles. The van der Waals surface area contributed by atoms with Crippen LogP contribution in [0, 0.1) is 0 Å². The van der Waals surface area contributed by atoms with Crippen molar-refractivity contribution in [3.8, 4) is 0 Å². The molecule has 67 heavy (non-hydrogen) atoms. The summed E-state index contributed by atoms with van der Waals surface area (Å²) in [5.41, 5.74) is 0. The SMILES string of the molecule is CC/C=C\C/C=C\C/C=C\C/C=C\C/C=C\CC(=O)OCC(COC1OC(C(=O)O)C(O)C(O)C1OC(=O)CCCCCCCCCCC)OC(=O)CCCCC/C=C\C/C=C\C/C=C\CC. The number of hydrogen-bond donors (Lipinski definition) is 3. The van der Waals surface area contributed by atoms with Gasteiger partial charge in [0.05, 0.1) is 13.0 Å². The molecule has 0 aromatic rings. The molecule has 378 valence electrons. The second-order valence-electron chi connectivity index (χ2n) is 16.7. The molecule has 1 rings (SSSR count). The van der Waals surface area contributed by atoms with Gasteiger partial charge < -0.3 is 39.0 Å². The average molecular weight is 939 g/mol. The van der Waals surface area contributed by atoms with Gasteiger partial charge in [0.15, 0.2) is 24.6 Å². The molecule has 1 aliphatic heterocycles. The van der Waals surface area contributed by atoms with Crippen molar-refractivity contribution in [3.05, 3.63) is 97.2 Å². The minimum atomic E-state index is -1.92. The number of ether oxygens (including phenoxy) is 5. The first-order chi connectivity index (χ1) is 32.6. The van der Waals surface area contributed by atoms with Crippen LogP contribution in [0.25, 0.3) is 0 Å². The summed E-state index contributed by atoms with van der Waals surface area (Å²) >= 11 is 0. The number of aliphatic hydroxyl groups is 2. The van der Waals surface area contributed by atoms with Gasteiger partial charge in [-0.15, -0.1) is 0 Å². The number of hydrogen-bond acceptors (Lipinski definition) is 11. The summed E-state index contributed by atoms with van der Waals surface area (Å²) < 4.78 is 28.1. The Balaban J connectivity index is 2.83. The Morgan fingerprint density at radius 3 is 1.51 bits per heavy atom. The van der Waals surface area contributed by atoms with E-state index in [1.54, 1.807) is 6.08 Å². The van der Waals surface area contributed by atoms with Crippen LogP contribution < -0.4 is 0 Å². The number of aliphatic hydroxyl groups excluding tert-OH is 2. The molecular weight excluding hydrogens is 853 g/mol. The standard InChI is InChI=1S/C55H86O12/c1-4-7-10-13-16-19-21-23-24-26-27-30-32-35-38-41-47(56)63-44-46(65-48(57)42-39-36-34-31-28-25-22-20-17-14-11-8-5-2)45-64-55-53(51(60)50(59)52(67-55)54(61)62)66-49(58)43-40-37-33-29-18-15-12-9-6-3/h7-8,10-11,16-17,19-20,23-25,27-28,30,35,38,46,50-53,55,59-60H,4-6,9,12-15,18,21-22,26,29,31-34,36-37,39-45H2,1-3H3,(H,61,62)/b10-7-,11-8-,19-16-,20-17-,24-23-,28-25-,30-27-,38-35-. The van der Waals surface area contributed by atoms with E-state index in [0.717, 1.165) is 89.9 Å². The molecule has 0 aromatic heterocycles. The Morgan fingerprint density at radius 1 is 0.522 bits per heavy atom.